The molecule has 0 aliphatic heterocycles. The van der Waals surface area contributed by atoms with Gasteiger partial charge in [-0.1, -0.05) is 23.9 Å². The van der Waals surface area contributed by atoms with Gasteiger partial charge in [-0.15, -0.1) is 0 Å². The Morgan fingerprint density at radius 2 is 1.17 bits per heavy atom. The molecule has 4 heteroatoms. The maximum absolute atomic E-state index is 10.7. The molecule has 3 aromatic carbocycles. The zero-order chi connectivity index (χ0) is 16.5. The standard InChI is InChI=1S/C7H6O3.2C6H5.Bi/c8-6-4-2-1-3-5(6)7(9)10;2*1-2-4-6-5-3-1;/h1-4,8H,(H,9,10);2*1-5H;/q;;;+1/p-1. The van der Waals surface area contributed by atoms with Gasteiger partial charge in [0.2, 0.25) is 0 Å². The minimum absolute atomic E-state index is 0.178. The molecular weight excluding hydrogens is 485 g/mol. The van der Waals surface area contributed by atoms with Crippen molar-refractivity contribution in [3.8, 4) is 5.75 Å². The summed E-state index contributed by atoms with van der Waals surface area (Å²) in [6, 6.07) is 27.2. The van der Waals surface area contributed by atoms with E-state index in [9.17, 15) is 9.90 Å². The van der Waals surface area contributed by atoms with E-state index in [2.05, 4.69) is 60.7 Å². The molecule has 0 heterocycles. The Bertz CT molecular complexity index is 705. The molecule has 0 saturated carbocycles. The number of hydrogen-bond acceptors (Lipinski definition) is 2. The molecule has 0 aliphatic carbocycles. The number of carboxylic acid groups (broad SMARTS) is 1. The molecule has 0 spiro atoms. The van der Waals surface area contributed by atoms with Gasteiger partial charge >= 0.3 is 96.4 Å². The third kappa shape index (κ3) is 5.84. The predicted molar refractivity (Wildman–Crippen MR) is 90.8 cm³/mol. The summed E-state index contributed by atoms with van der Waals surface area (Å²) in [4.78, 5) is 10.2. The number of carbonyl (C=O) groups is 1. The van der Waals surface area contributed by atoms with Crippen molar-refractivity contribution >= 4 is 35.7 Å². The monoisotopic (exact) mass is 500 g/mol. The summed E-state index contributed by atoms with van der Waals surface area (Å²) in [5.41, 5.74) is -0.178. The Morgan fingerprint density at radius 1 is 0.739 bits per heavy atom. The van der Waals surface area contributed by atoms with Crippen molar-refractivity contribution in [2.75, 3.05) is 0 Å². The minimum atomic E-state index is -1.18. The number of benzene rings is 3. The van der Waals surface area contributed by atoms with Crippen molar-refractivity contribution in [1.82, 2.24) is 0 Å². The summed E-state index contributed by atoms with van der Waals surface area (Å²) in [5.74, 6) is -1.62. The number of carboxylic acids is 1. The van der Waals surface area contributed by atoms with Crippen molar-refractivity contribution in [3.63, 3.8) is 0 Å². The van der Waals surface area contributed by atoms with Gasteiger partial charge in [0.1, 0.15) is 0 Å². The Kier molecular flexibility index (Phi) is 6.77. The summed E-state index contributed by atoms with van der Waals surface area (Å²) in [7, 11) is 0. The number of para-hydroxylation sites is 1. The van der Waals surface area contributed by atoms with Gasteiger partial charge in [0.15, 0.2) is 0 Å². The molecule has 3 aromatic rings. The fourth-order valence-corrected chi connectivity index (χ4v) is 5.45. The van der Waals surface area contributed by atoms with E-state index in [-0.39, 0.29) is 5.56 Å². The SMILES string of the molecule is O=C(O)c1ccccc1[O-].c1cc[c]([Bi+][c]2ccccc2)cc1. The van der Waals surface area contributed by atoms with Crippen LogP contribution in [0.1, 0.15) is 10.4 Å². The fourth-order valence-electron chi connectivity index (χ4n) is 1.80. The first-order chi connectivity index (χ1) is 11.2. The molecule has 23 heavy (non-hydrogen) atoms. The van der Waals surface area contributed by atoms with E-state index in [1.807, 2.05) is 0 Å². The first-order valence-electron chi connectivity index (χ1n) is 6.98. The van der Waals surface area contributed by atoms with Gasteiger partial charge in [-0.3, -0.25) is 0 Å². The van der Waals surface area contributed by atoms with E-state index in [1.54, 1.807) is 6.54 Å². The quantitative estimate of drug-likeness (QED) is 0.559. The molecule has 3 nitrogen and oxygen atoms in total. The van der Waals surface area contributed by atoms with Gasteiger partial charge in [-0.05, 0) is 6.07 Å². The maximum atomic E-state index is 10.7. The van der Waals surface area contributed by atoms with Gasteiger partial charge in [-0.25, -0.2) is 4.79 Å². The Morgan fingerprint density at radius 3 is 1.57 bits per heavy atom. The summed E-state index contributed by atoms with van der Waals surface area (Å²) in [5, 5.41) is 19.0. The second kappa shape index (κ2) is 9.07. The normalized spacial score (nSPS) is 9.57. The Balaban J connectivity index is 0.000000174. The molecule has 0 atom stereocenters. The van der Waals surface area contributed by atoms with E-state index in [0.29, 0.717) is 0 Å². The average molecular weight is 500 g/mol. The molecule has 0 aliphatic rings. The van der Waals surface area contributed by atoms with Gasteiger partial charge in [0.05, 0.1) is 5.56 Å². The van der Waals surface area contributed by atoms with Crippen molar-refractivity contribution in [1.29, 1.82) is 0 Å². The summed E-state index contributed by atoms with van der Waals surface area (Å²) in [6.45, 7) is 0. The molecule has 0 aromatic heterocycles. The van der Waals surface area contributed by atoms with Crippen LogP contribution in [0, 0.1) is 0 Å². The zero-order valence-electron chi connectivity index (χ0n) is 12.3. The molecule has 0 amide bonds. The third-order valence-corrected chi connectivity index (χ3v) is 7.21. The second-order valence-electron chi connectivity index (χ2n) is 4.58. The zero-order valence-corrected chi connectivity index (χ0v) is 15.8. The van der Waals surface area contributed by atoms with Crippen molar-refractivity contribution in [2.45, 2.75) is 0 Å². The van der Waals surface area contributed by atoms with Crippen LogP contribution in [0.15, 0.2) is 84.9 Å². The van der Waals surface area contributed by atoms with Crippen LogP contribution < -0.4 is 11.6 Å². The van der Waals surface area contributed by atoms with Crippen LogP contribution in [0.25, 0.3) is 0 Å². The molecule has 3 rings (SSSR count). The molecular formula is C19H15BiO3. The van der Waals surface area contributed by atoms with Crippen LogP contribution >= 0.6 is 0 Å². The topological polar surface area (TPSA) is 60.4 Å². The van der Waals surface area contributed by atoms with Gasteiger partial charge in [-0.2, -0.15) is 0 Å². The van der Waals surface area contributed by atoms with Gasteiger partial charge in [0.25, 0.3) is 0 Å². The van der Waals surface area contributed by atoms with Crippen LogP contribution in [-0.2, 0) is 0 Å². The molecule has 0 fully saturated rings. The summed E-state index contributed by atoms with van der Waals surface area (Å²) >= 11 is -0.613. The molecule has 1 N–H and O–H groups in total. The van der Waals surface area contributed by atoms with E-state index in [1.165, 1.54) is 24.3 Å². The Labute approximate surface area is 146 Å². The Hall–Kier alpha value is -2.19. The number of aromatic carboxylic acids is 1. The van der Waals surface area contributed by atoms with Crippen LogP contribution in [-0.4, -0.2) is 34.3 Å². The molecule has 0 unspecified atom stereocenters. The van der Waals surface area contributed by atoms with Crippen molar-refractivity contribution in [2.24, 2.45) is 0 Å². The first-order valence-corrected chi connectivity index (χ1v) is 10.5. The number of rotatable bonds is 3. The summed E-state index contributed by atoms with van der Waals surface area (Å²) < 4.78 is 3.10. The van der Waals surface area contributed by atoms with E-state index < -0.39 is 35.0 Å². The van der Waals surface area contributed by atoms with E-state index in [0.717, 1.165) is 0 Å². The predicted octanol–water partition coefficient (Wildman–Crippen LogP) is 1.80. The average Bonchev–Trinajstić information content (AvgIpc) is 2.57. The van der Waals surface area contributed by atoms with Crippen molar-refractivity contribution in [3.05, 3.63) is 90.5 Å². The third-order valence-electron chi connectivity index (χ3n) is 2.89. The first kappa shape index (κ1) is 17.2. The van der Waals surface area contributed by atoms with Crippen LogP contribution in [0.3, 0.4) is 0 Å². The molecule has 114 valence electrons. The van der Waals surface area contributed by atoms with Crippen LogP contribution in [0.2, 0.25) is 0 Å². The van der Waals surface area contributed by atoms with Crippen LogP contribution in [0.5, 0.6) is 5.75 Å². The fraction of sp³-hybridized carbons (Fsp3) is 0. The number of hydrogen-bond donors (Lipinski definition) is 1. The molecule has 2 radical (unpaired) electrons. The van der Waals surface area contributed by atoms with E-state index in [4.69, 9.17) is 5.11 Å². The van der Waals surface area contributed by atoms with Gasteiger partial charge in [0, 0.05) is 0 Å². The van der Waals surface area contributed by atoms with E-state index >= 15 is 0 Å². The molecule has 0 saturated heterocycles. The molecule has 0 bridgehead atoms. The van der Waals surface area contributed by atoms with Crippen molar-refractivity contribution < 1.29 is 15.0 Å². The summed E-state index contributed by atoms with van der Waals surface area (Å²) in [6.07, 6.45) is 0. The van der Waals surface area contributed by atoms with Gasteiger partial charge < -0.3 is 10.2 Å². The second-order valence-corrected chi connectivity index (χ2v) is 9.47. The van der Waals surface area contributed by atoms with Crippen LogP contribution in [0.4, 0.5) is 0 Å².